The van der Waals surface area contributed by atoms with Gasteiger partial charge in [0.2, 0.25) is 21.8 Å². The van der Waals surface area contributed by atoms with Gasteiger partial charge < -0.3 is 10.6 Å². The molecule has 0 aliphatic carbocycles. The van der Waals surface area contributed by atoms with E-state index in [0.717, 1.165) is 10.7 Å². The minimum absolute atomic E-state index is 0.120. The third kappa shape index (κ3) is 5.02. The first-order chi connectivity index (χ1) is 11.8. The van der Waals surface area contributed by atoms with Crippen LogP contribution in [0.4, 0.5) is 0 Å². The molecule has 1 aliphatic rings. The first-order valence-corrected chi connectivity index (χ1v) is 9.87. The summed E-state index contributed by atoms with van der Waals surface area (Å²) >= 11 is 0. The molecule has 2 N–H and O–H groups in total. The van der Waals surface area contributed by atoms with Crippen LogP contribution < -0.4 is 10.6 Å². The molecule has 1 saturated heterocycles. The van der Waals surface area contributed by atoms with Gasteiger partial charge in [-0.05, 0) is 24.5 Å². The average molecular weight is 367 g/mol. The summed E-state index contributed by atoms with van der Waals surface area (Å²) in [5, 5.41) is 5.39. The second-order valence-corrected chi connectivity index (χ2v) is 8.36. The summed E-state index contributed by atoms with van der Waals surface area (Å²) in [4.78, 5) is 24.5. The fourth-order valence-corrected chi connectivity index (χ4v) is 4.26. The Morgan fingerprint density at radius 3 is 2.64 bits per heavy atom. The van der Waals surface area contributed by atoms with Crippen LogP contribution in [0.1, 0.15) is 26.7 Å². The molecule has 1 fully saturated rings. The van der Waals surface area contributed by atoms with Crippen LogP contribution in [-0.2, 0) is 19.6 Å². The summed E-state index contributed by atoms with van der Waals surface area (Å²) in [5.41, 5.74) is 0. The maximum atomic E-state index is 12.8. The molecule has 0 radical (unpaired) electrons. The normalized spacial score (nSPS) is 18.8. The molecular formula is C17H25N3O4S. The van der Waals surface area contributed by atoms with Crippen LogP contribution in [0.15, 0.2) is 35.2 Å². The number of nitrogens with zero attached hydrogens (tertiary/aromatic N) is 1. The number of amides is 2. The SMILES string of the molecule is CC(C)CCNC(=O)CC1C(=O)NCCN1S(=O)(=O)c1ccccc1. The molecule has 1 aromatic carbocycles. The maximum Gasteiger partial charge on any atom is 0.243 e. The fraction of sp³-hybridized carbons (Fsp3) is 0.529. The molecule has 1 aliphatic heterocycles. The van der Waals surface area contributed by atoms with Crippen molar-refractivity contribution in [3.8, 4) is 0 Å². The van der Waals surface area contributed by atoms with Crippen LogP contribution in [0.3, 0.4) is 0 Å². The number of sulfonamides is 1. The number of carbonyl (C=O) groups is 2. The quantitative estimate of drug-likeness (QED) is 0.743. The van der Waals surface area contributed by atoms with Crippen molar-refractivity contribution in [2.45, 2.75) is 37.6 Å². The number of hydrogen-bond acceptors (Lipinski definition) is 4. The van der Waals surface area contributed by atoms with E-state index in [4.69, 9.17) is 0 Å². The summed E-state index contributed by atoms with van der Waals surface area (Å²) in [6.45, 7) is 4.99. The zero-order valence-electron chi connectivity index (χ0n) is 14.6. The summed E-state index contributed by atoms with van der Waals surface area (Å²) in [5.74, 6) is -0.311. The Hall–Kier alpha value is -1.93. The second kappa shape index (κ2) is 8.44. The highest BCUT2D eigenvalue weighted by molar-refractivity contribution is 7.89. The molecule has 0 spiro atoms. The molecule has 0 aromatic heterocycles. The van der Waals surface area contributed by atoms with Crippen molar-refractivity contribution in [2.75, 3.05) is 19.6 Å². The lowest BCUT2D eigenvalue weighted by Gasteiger charge is -2.33. The van der Waals surface area contributed by atoms with E-state index >= 15 is 0 Å². The van der Waals surface area contributed by atoms with Crippen LogP contribution in [0, 0.1) is 5.92 Å². The Labute approximate surface area is 148 Å². The Bertz CT molecular complexity index is 704. The lowest BCUT2D eigenvalue weighted by atomic mass is 10.1. The Balaban J connectivity index is 2.13. The van der Waals surface area contributed by atoms with E-state index < -0.39 is 22.0 Å². The second-order valence-electron chi connectivity index (χ2n) is 6.47. The standard InChI is InChI=1S/C17H25N3O4S/c1-13(2)8-9-18-16(21)12-15-17(22)19-10-11-20(15)25(23,24)14-6-4-3-5-7-14/h3-7,13,15H,8-12H2,1-2H3,(H,18,21)(H,19,22). The van der Waals surface area contributed by atoms with E-state index in [0.29, 0.717) is 12.5 Å². The third-order valence-corrected chi connectivity index (χ3v) is 5.98. The molecule has 1 aromatic rings. The van der Waals surface area contributed by atoms with Crippen LogP contribution >= 0.6 is 0 Å². The van der Waals surface area contributed by atoms with Crippen molar-refractivity contribution in [3.63, 3.8) is 0 Å². The lowest BCUT2D eigenvalue weighted by molar-refractivity contribution is -0.131. The summed E-state index contributed by atoms with van der Waals surface area (Å²) < 4.78 is 26.8. The number of piperazine rings is 1. The van der Waals surface area contributed by atoms with Gasteiger partial charge in [0.05, 0.1) is 11.3 Å². The molecule has 2 amide bonds. The van der Waals surface area contributed by atoms with Gasteiger partial charge in [0.25, 0.3) is 0 Å². The van der Waals surface area contributed by atoms with Crippen molar-refractivity contribution in [1.82, 2.24) is 14.9 Å². The highest BCUT2D eigenvalue weighted by Gasteiger charge is 2.39. The minimum atomic E-state index is -3.83. The number of rotatable bonds is 7. The summed E-state index contributed by atoms with van der Waals surface area (Å²) in [6.07, 6.45) is 0.643. The summed E-state index contributed by atoms with van der Waals surface area (Å²) in [7, 11) is -3.83. The predicted octanol–water partition coefficient (Wildman–Crippen LogP) is 0.728. The topological polar surface area (TPSA) is 95.6 Å². The van der Waals surface area contributed by atoms with Gasteiger partial charge in [-0.3, -0.25) is 9.59 Å². The van der Waals surface area contributed by atoms with Gasteiger partial charge in [-0.2, -0.15) is 4.31 Å². The number of carbonyl (C=O) groups excluding carboxylic acids is 2. The van der Waals surface area contributed by atoms with E-state index in [1.54, 1.807) is 18.2 Å². The zero-order chi connectivity index (χ0) is 18.4. The van der Waals surface area contributed by atoms with E-state index in [-0.39, 0.29) is 30.3 Å². The molecule has 1 heterocycles. The van der Waals surface area contributed by atoms with Gasteiger partial charge in [0, 0.05) is 19.6 Å². The van der Waals surface area contributed by atoms with Crippen molar-refractivity contribution in [3.05, 3.63) is 30.3 Å². The molecule has 8 heteroatoms. The van der Waals surface area contributed by atoms with Crippen molar-refractivity contribution >= 4 is 21.8 Å². The van der Waals surface area contributed by atoms with E-state index in [1.807, 2.05) is 0 Å². The molecule has 1 unspecified atom stereocenters. The zero-order valence-corrected chi connectivity index (χ0v) is 15.4. The maximum absolute atomic E-state index is 12.8. The first-order valence-electron chi connectivity index (χ1n) is 8.43. The molecular weight excluding hydrogens is 342 g/mol. The van der Waals surface area contributed by atoms with Crippen LogP contribution in [0.5, 0.6) is 0 Å². The lowest BCUT2D eigenvalue weighted by Crippen LogP contribution is -2.58. The van der Waals surface area contributed by atoms with E-state index in [2.05, 4.69) is 24.5 Å². The van der Waals surface area contributed by atoms with Gasteiger partial charge >= 0.3 is 0 Å². The minimum Gasteiger partial charge on any atom is -0.356 e. The largest absolute Gasteiger partial charge is 0.356 e. The highest BCUT2D eigenvalue weighted by atomic mass is 32.2. The monoisotopic (exact) mass is 367 g/mol. The van der Waals surface area contributed by atoms with Crippen LogP contribution in [0.2, 0.25) is 0 Å². The molecule has 2 rings (SSSR count). The van der Waals surface area contributed by atoms with Crippen LogP contribution in [-0.4, -0.2) is 50.2 Å². The third-order valence-electron chi connectivity index (χ3n) is 4.05. The smallest absolute Gasteiger partial charge is 0.243 e. The number of hydrogen-bond donors (Lipinski definition) is 2. The number of nitrogens with one attached hydrogen (secondary N) is 2. The van der Waals surface area contributed by atoms with Gasteiger partial charge in [-0.1, -0.05) is 32.0 Å². The Morgan fingerprint density at radius 1 is 1.32 bits per heavy atom. The Morgan fingerprint density at radius 2 is 2.00 bits per heavy atom. The van der Waals surface area contributed by atoms with Gasteiger partial charge in [0.15, 0.2) is 0 Å². The molecule has 1 atom stereocenters. The van der Waals surface area contributed by atoms with Crippen LogP contribution in [0.25, 0.3) is 0 Å². The van der Waals surface area contributed by atoms with Gasteiger partial charge in [-0.15, -0.1) is 0 Å². The number of benzene rings is 1. The van der Waals surface area contributed by atoms with Crippen molar-refractivity contribution in [2.24, 2.45) is 5.92 Å². The van der Waals surface area contributed by atoms with Crippen molar-refractivity contribution in [1.29, 1.82) is 0 Å². The molecule has 7 nitrogen and oxygen atoms in total. The molecule has 0 bridgehead atoms. The summed E-state index contributed by atoms with van der Waals surface area (Å²) in [6, 6.07) is 6.93. The first kappa shape index (κ1) is 19.4. The average Bonchev–Trinajstić information content (AvgIpc) is 2.57. The Kier molecular flexibility index (Phi) is 6.55. The molecule has 25 heavy (non-hydrogen) atoms. The molecule has 0 saturated carbocycles. The molecule has 138 valence electrons. The predicted molar refractivity (Wildman–Crippen MR) is 94.2 cm³/mol. The highest BCUT2D eigenvalue weighted by Crippen LogP contribution is 2.21. The fourth-order valence-electron chi connectivity index (χ4n) is 2.65. The van der Waals surface area contributed by atoms with Gasteiger partial charge in [0.1, 0.15) is 6.04 Å². The van der Waals surface area contributed by atoms with Crippen molar-refractivity contribution < 1.29 is 18.0 Å². The van der Waals surface area contributed by atoms with E-state index in [1.165, 1.54) is 12.1 Å². The van der Waals surface area contributed by atoms with Gasteiger partial charge in [-0.25, -0.2) is 8.42 Å². The van der Waals surface area contributed by atoms with E-state index in [9.17, 15) is 18.0 Å².